The Labute approximate surface area is 110 Å². The molecule has 2 atom stereocenters. The average molecular weight is 269 g/mol. The van der Waals surface area contributed by atoms with Crippen LogP contribution in [0.2, 0.25) is 0 Å². The zero-order valence-electron chi connectivity index (χ0n) is 10.9. The van der Waals surface area contributed by atoms with Crippen molar-refractivity contribution >= 4 is 17.0 Å². The third-order valence-electron chi connectivity index (χ3n) is 3.12. The molecule has 0 radical (unpaired) electrons. The highest BCUT2D eigenvalue weighted by Gasteiger charge is 2.32. The lowest BCUT2D eigenvalue weighted by Gasteiger charge is -2.21. The number of rotatable bonds is 4. The van der Waals surface area contributed by atoms with E-state index in [1.165, 1.54) is 0 Å². The highest BCUT2D eigenvalue weighted by Crippen LogP contribution is 2.31. The van der Waals surface area contributed by atoms with Crippen LogP contribution in [-0.2, 0) is 17.6 Å². The van der Waals surface area contributed by atoms with Crippen LogP contribution in [0.5, 0.6) is 0 Å². The van der Waals surface area contributed by atoms with Crippen LogP contribution in [0, 0.1) is 12.8 Å². The third kappa shape index (κ3) is 2.60. The highest BCUT2D eigenvalue weighted by molar-refractivity contribution is 7.91. The first-order chi connectivity index (χ1) is 8.52. The minimum absolute atomic E-state index is 0.0299. The van der Waals surface area contributed by atoms with Gasteiger partial charge in [-0.05, 0) is 24.0 Å². The van der Waals surface area contributed by atoms with Crippen LogP contribution in [0.25, 0.3) is 0 Å². The average Bonchev–Trinajstić information content (AvgIpc) is 2.67. The summed E-state index contributed by atoms with van der Waals surface area (Å²) in [5.74, 6) is 2.20. The van der Waals surface area contributed by atoms with Crippen LogP contribution in [0.1, 0.15) is 25.4 Å². The molecular formula is C12H19N3O2S. The maximum Gasteiger partial charge on any atom is 0.216 e. The molecule has 2 rings (SSSR count). The Bertz CT molecular complexity index is 440. The Kier molecular flexibility index (Phi) is 4.09. The van der Waals surface area contributed by atoms with Crippen molar-refractivity contribution in [3.8, 4) is 0 Å². The fourth-order valence-corrected chi connectivity index (χ4v) is 3.33. The Balaban J connectivity index is 2.33. The van der Waals surface area contributed by atoms with E-state index in [4.69, 9.17) is 0 Å². The summed E-state index contributed by atoms with van der Waals surface area (Å²) in [6.45, 7) is 5.91. The molecular weight excluding hydrogens is 250 g/mol. The van der Waals surface area contributed by atoms with Gasteiger partial charge in [0.1, 0.15) is 17.3 Å². The second-order valence-electron chi connectivity index (χ2n) is 4.87. The number of aliphatic hydroxyl groups is 1. The summed E-state index contributed by atoms with van der Waals surface area (Å²) in [5, 5.41) is 12.6. The summed E-state index contributed by atoms with van der Waals surface area (Å²) in [4.78, 5) is 9.40. The van der Waals surface area contributed by atoms with Crippen molar-refractivity contribution < 1.29 is 9.66 Å². The normalized spacial score (nSPS) is 20.0. The highest BCUT2D eigenvalue weighted by atomic mass is 32.2. The number of anilines is 1. The molecule has 5 nitrogen and oxygen atoms in total. The van der Waals surface area contributed by atoms with Crippen LogP contribution in [-0.4, -0.2) is 38.0 Å². The number of nitrogens with one attached hydrogen (secondary N) is 1. The zero-order valence-corrected chi connectivity index (χ0v) is 11.8. The molecule has 100 valence electrons. The van der Waals surface area contributed by atoms with Crippen LogP contribution >= 0.6 is 0 Å². The van der Waals surface area contributed by atoms with Gasteiger partial charge < -0.3 is 15.0 Å². The summed E-state index contributed by atoms with van der Waals surface area (Å²) in [6.07, 6.45) is 0.742. The smallest absolute Gasteiger partial charge is 0.216 e. The van der Waals surface area contributed by atoms with Crippen molar-refractivity contribution in [2.45, 2.75) is 38.1 Å². The molecule has 0 aliphatic carbocycles. The predicted molar refractivity (Wildman–Crippen MR) is 71.1 cm³/mol. The molecule has 2 unspecified atom stereocenters. The minimum Gasteiger partial charge on any atom is -0.611 e. The van der Waals surface area contributed by atoms with Gasteiger partial charge in [0.2, 0.25) is 4.90 Å². The minimum atomic E-state index is -1.02. The van der Waals surface area contributed by atoms with Gasteiger partial charge in [-0.1, -0.05) is 13.8 Å². The van der Waals surface area contributed by atoms with E-state index < -0.39 is 11.2 Å². The molecule has 0 bridgehead atoms. The number of aliphatic hydroxyl groups excluding tert-OH is 1. The number of fused-ring (bicyclic) bond motifs is 1. The largest absolute Gasteiger partial charge is 0.611 e. The standard InChI is InChI=1S/C12H19N3O2S/c1-7(2)10(6-16)15-12-11-9(4-5-18(11)17)13-8(3)14-12/h7,10,16H,4-6H2,1-3H3,(H,13,14,15). The first kappa shape index (κ1) is 13.6. The third-order valence-corrected chi connectivity index (χ3v) is 4.58. The Morgan fingerprint density at radius 2 is 2.17 bits per heavy atom. The molecule has 2 heterocycles. The van der Waals surface area contributed by atoms with E-state index in [0.717, 1.165) is 17.0 Å². The first-order valence-corrected chi connectivity index (χ1v) is 7.48. The van der Waals surface area contributed by atoms with Crippen LogP contribution < -0.4 is 5.32 Å². The quantitative estimate of drug-likeness (QED) is 0.793. The van der Waals surface area contributed by atoms with Gasteiger partial charge in [-0.2, -0.15) is 0 Å². The monoisotopic (exact) mass is 269 g/mol. The predicted octanol–water partition coefficient (Wildman–Crippen LogP) is 0.878. The topological polar surface area (TPSA) is 81.1 Å². The molecule has 1 aromatic heterocycles. The Hall–Kier alpha value is -0.850. The molecule has 0 spiro atoms. The Morgan fingerprint density at radius 3 is 2.78 bits per heavy atom. The fraction of sp³-hybridized carbons (Fsp3) is 0.667. The van der Waals surface area contributed by atoms with Gasteiger partial charge in [-0.3, -0.25) is 0 Å². The fourth-order valence-electron chi connectivity index (χ4n) is 2.02. The molecule has 6 heteroatoms. The first-order valence-electron chi connectivity index (χ1n) is 6.16. The number of aromatic nitrogens is 2. The molecule has 0 amide bonds. The van der Waals surface area contributed by atoms with Gasteiger partial charge >= 0.3 is 0 Å². The molecule has 2 N–H and O–H groups in total. The van der Waals surface area contributed by atoms with Crippen LogP contribution in [0.4, 0.5) is 5.82 Å². The Morgan fingerprint density at radius 1 is 1.44 bits per heavy atom. The second-order valence-corrected chi connectivity index (χ2v) is 6.38. The van der Waals surface area contributed by atoms with Gasteiger partial charge in [0.15, 0.2) is 5.82 Å². The molecule has 0 saturated carbocycles. The van der Waals surface area contributed by atoms with Gasteiger partial charge in [-0.25, -0.2) is 9.97 Å². The summed E-state index contributed by atoms with van der Waals surface area (Å²) in [6, 6.07) is -0.0824. The van der Waals surface area contributed by atoms with Crippen molar-refractivity contribution in [1.29, 1.82) is 0 Å². The van der Waals surface area contributed by atoms with Crippen LogP contribution in [0.15, 0.2) is 4.90 Å². The molecule has 0 aromatic carbocycles. The lowest BCUT2D eigenvalue weighted by molar-refractivity contribution is 0.248. The maximum absolute atomic E-state index is 12.0. The summed E-state index contributed by atoms with van der Waals surface area (Å²) in [7, 11) is 0. The van der Waals surface area contributed by atoms with Gasteiger partial charge in [0.05, 0.1) is 12.6 Å². The van der Waals surface area contributed by atoms with Crippen molar-refractivity contribution in [3.05, 3.63) is 11.5 Å². The zero-order chi connectivity index (χ0) is 13.3. The van der Waals surface area contributed by atoms with E-state index in [1.807, 2.05) is 20.8 Å². The molecule has 0 fully saturated rings. The van der Waals surface area contributed by atoms with Crippen molar-refractivity contribution in [1.82, 2.24) is 9.97 Å². The number of hydrogen-bond donors (Lipinski definition) is 2. The summed E-state index contributed by atoms with van der Waals surface area (Å²) in [5.41, 5.74) is 0.878. The van der Waals surface area contributed by atoms with Gasteiger partial charge in [0, 0.05) is 6.42 Å². The second kappa shape index (κ2) is 5.42. The van der Waals surface area contributed by atoms with E-state index in [9.17, 15) is 9.66 Å². The molecule has 0 saturated heterocycles. The number of hydrogen-bond acceptors (Lipinski definition) is 5. The van der Waals surface area contributed by atoms with Crippen LogP contribution in [0.3, 0.4) is 0 Å². The van der Waals surface area contributed by atoms with E-state index >= 15 is 0 Å². The van der Waals surface area contributed by atoms with E-state index in [1.54, 1.807) is 0 Å². The van der Waals surface area contributed by atoms with Gasteiger partial charge in [0.25, 0.3) is 0 Å². The van der Waals surface area contributed by atoms with Crippen molar-refractivity contribution in [3.63, 3.8) is 0 Å². The SMILES string of the molecule is Cc1nc2c(c(NC(CO)C(C)C)n1)[S+]([O-])CC2. The molecule has 1 aromatic rings. The van der Waals surface area contributed by atoms with E-state index in [0.29, 0.717) is 17.4 Å². The van der Waals surface area contributed by atoms with E-state index in [-0.39, 0.29) is 18.6 Å². The number of aryl methyl sites for hydroxylation is 2. The lowest BCUT2D eigenvalue weighted by Crippen LogP contribution is -2.30. The van der Waals surface area contributed by atoms with Crippen molar-refractivity contribution in [2.75, 3.05) is 17.7 Å². The number of nitrogens with zero attached hydrogens (tertiary/aromatic N) is 2. The molecule has 1 aliphatic rings. The molecule has 18 heavy (non-hydrogen) atoms. The van der Waals surface area contributed by atoms with Crippen molar-refractivity contribution in [2.24, 2.45) is 5.92 Å². The lowest BCUT2D eigenvalue weighted by atomic mass is 10.1. The summed E-state index contributed by atoms with van der Waals surface area (Å²) >= 11 is -1.02. The maximum atomic E-state index is 12.0. The van der Waals surface area contributed by atoms with E-state index in [2.05, 4.69) is 15.3 Å². The molecule has 1 aliphatic heterocycles. The van der Waals surface area contributed by atoms with Gasteiger partial charge in [-0.15, -0.1) is 0 Å². The summed E-state index contributed by atoms with van der Waals surface area (Å²) < 4.78 is 12.0.